The van der Waals surface area contributed by atoms with Gasteiger partial charge in [0, 0.05) is 18.7 Å². The fraction of sp³-hybridized carbons (Fsp3) is 0.348. The van der Waals surface area contributed by atoms with Crippen molar-refractivity contribution in [2.75, 3.05) is 18.6 Å². The van der Waals surface area contributed by atoms with Gasteiger partial charge in [0.15, 0.2) is 0 Å². The molecule has 2 aromatic carbocycles. The second-order valence-electron chi connectivity index (χ2n) is 7.63. The van der Waals surface area contributed by atoms with Crippen molar-refractivity contribution in [3.63, 3.8) is 0 Å². The molecule has 1 atom stereocenters. The van der Waals surface area contributed by atoms with Crippen molar-refractivity contribution in [3.05, 3.63) is 59.2 Å². The van der Waals surface area contributed by atoms with Gasteiger partial charge >= 0.3 is 0 Å². The summed E-state index contributed by atoms with van der Waals surface area (Å²) < 4.78 is 5.41. The number of hydrogen-bond acceptors (Lipinski definition) is 4. The van der Waals surface area contributed by atoms with Crippen LogP contribution in [0.2, 0.25) is 0 Å². The molecule has 1 aliphatic carbocycles. The SMILES string of the molecule is CCOc1ccc(N2C(=O)c3ccc(C(=O)N(C)C(C)C4CC4)cc3C2=O)cc1. The Morgan fingerprint density at radius 2 is 1.76 bits per heavy atom. The topological polar surface area (TPSA) is 66.9 Å². The predicted octanol–water partition coefficient (Wildman–Crippen LogP) is 3.76. The number of carbonyl (C=O) groups is 3. The van der Waals surface area contributed by atoms with Crippen molar-refractivity contribution in [2.45, 2.75) is 32.7 Å². The highest BCUT2D eigenvalue weighted by atomic mass is 16.5. The highest BCUT2D eigenvalue weighted by molar-refractivity contribution is 6.34. The lowest BCUT2D eigenvalue weighted by Gasteiger charge is -2.25. The third kappa shape index (κ3) is 3.39. The Morgan fingerprint density at radius 1 is 1.10 bits per heavy atom. The zero-order valence-corrected chi connectivity index (χ0v) is 16.8. The molecule has 6 heteroatoms. The molecular weight excluding hydrogens is 368 g/mol. The molecular formula is C23H24N2O4. The fourth-order valence-corrected chi connectivity index (χ4v) is 3.75. The number of amides is 3. The van der Waals surface area contributed by atoms with Gasteiger partial charge in [0.05, 0.1) is 23.4 Å². The van der Waals surface area contributed by atoms with E-state index in [4.69, 9.17) is 4.74 Å². The maximum absolute atomic E-state index is 13.0. The Morgan fingerprint density at radius 3 is 2.38 bits per heavy atom. The second-order valence-corrected chi connectivity index (χ2v) is 7.63. The Labute approximate surface area is 170 Å². The number of rotatable bonds is 6. The number of anilines is 1. The van der Waals surface area contributed by atoms with Crippen molar-refractivity contribution in [3.8, 4) is 5.75 Å². The van der Waals surface area contributed by atoms with Gasteiger partial charge in [0.1, 0.15) is 5.75 Å². The minimum Gasteiger partial charge on any atom is -0.494 e. The number of imide groups is 1. The van der Waals surface area contributed by atoms with Gasteiger partial charge in [0.25, 0.3) is 17.7 Å². The number of benzene rings is 2. The number of nitrogens with zero attached hydrogens (tertiary/aromatic N) is 2. The summed E-state index contributed by atoms with van der Waals surface area (Å²) in [6.07, 6.45) is 2.29. The molecule has 1 saturated carbocycles. The maximum Gasteiger partial charge on any atom is 0.266 e. The first-order valence-electron chi connectivity index (χ1n) is 9.95. The molecule has 3 amide bonds. The van der Waals surface area contributed by atoms with Crippen molar-refractivity contribution >= 4 is 23.4 Å². The molecule has 29 heavy (non-hydrogen) atoms. The standard InChI is InChI=1S/C23H24N2O4/c1-4-29-18-10-8-17(9-11-18)25-22(27)19-12-7-16(13-20(19)23(25)28)21(26)24(3)14(2)15-5-6-15/h7-15H,4-6H2,1-3H3. The molecule has 1 aliphatic heterocycles. The molecule has 6 nitrogen and oxygen atoms in total. The number of ether oxygens (including phenoxy) is 1. The lowest BCUT2D eigenvalue weighted by Crippen LogP contribution is -2.36. The fourth-order valence-electron chi connectivity index (χ4n) is 3.75. The molecule has 1 heterocycles. The second kappa shape index (κ2) is 7.35. The van der Waals surface area contributed by atoms with Gasteiger partial charge < -0.3 is 9.64 Å². The molecule has 0 bridgehead atoms. The van der Waals surface area contributed by atoms with Crippen molar-refractivity contribution in [2.24, 2.45) is 5.92 Å². The quantitative estimate of drug-likeness (QED) is 0.702. The van der Waals surface area contributed by atoms with Crippen LogP contribution in [0.3, 0.4) is 0 Å². The summed E-state index contributed by atoms with van der Waals surface area (Å²) in [7, 11) is 1.79. The summed E-state index contributed by atoms with van der Waals surface area (Å²) in [4.78, 5) is 41.5. The van der Waals surface area contributed by atoms with E-state index in [1.807, 2.05) is 13.8 Å². The Kier molecular flexibility index (Phi) is 4.86. The molecule has 1 fully saturated rings. The van der Waals surface area contributed by atoms with E-state index in [1.165, 1.54) is 0 Å². The summed E-state index contributed by atoms with van der Waals surface area (Å²) in [6.45, 7) is 4.47. The summed E-state index contributed by atoms with van der Waals surface area (Å²) >= 11 is 0. The van der Waals surface area contributed by atoms with Crippen LogP contribution in [-0.2, 0) is 0 Å². The molecule has 4 rings (SSSR count). The lowest BCUT2D eigenvalue weighted by atomic mass is 10.0. The number of hydrogen-bond donors (Lipinski definition) is 0. The third-order valence-electron chi connectivity index (χ3n) is 5.77. The van der Waals surface area contributed by atoms with E-state index < -0.39 is 5.91 Å². The van der Waals surface area contributed by atoms with Crippen LogP contribution in [0.5, 0.6) is 5.75 Å². The highest BCUT2D eigenvalue weighted by Gasteiger charge is 2.38. The Balaban J connectivity index is 1.59. The summed E-state index contributed by atoms with van der Waals surface area (Å²) in [6, 6.07) is 11.7. The van der Waals surface area contributed by atoms with Crippen molar-refractivity contribution in [1.29, 1.82) is 0 Å². The van der Waals surface area contributed by atoms with Gasteiger partial charge in [-0.05, 0) is 75.1 Å². The first-order valence-corrected chi connectivity index (χ1v) is 9.95. The molecule has 1 unspecified atom stereocenters. The van der Waals surface area contributed by atoms with E-state index in [2.05, 4.69) is 0 Å². The lowest BCUT2D eigenvalue weighted by molar-refractivity contribution is 0.0727. The van der Waals surface area contributed by atoms with Gasteiger partial charge in [0.2, 0.25) is 0 Å². The van der Waals surface area contributed by atoms with E-state index in [-0.39, 0.29) is 23.4 Å². The number of fused-ring (bicyclic) bond motifs is 1. The summed E-state index contributed by atoms with van der Waals surface area (Å²) in [5.41, 5.74) is 1.49. The average molecular weight is 392 g/mol. The maximum atomic E-state index is 13.0. The van der Waals surface area contributed by atoms with Crippen molar-refractivity contribution < 1.29 is 19.1 Å². The van der Waals surface area contributed by atoms with E-state index in [9.17, 15) is 14.4 Å². The van der Waals surface area contributed by atoms with Crippen LogP contribution in [-0.4, -0.2) is 42.3 Å². The molecule has 0 saturated heterocycles. The van der Waals surface area contributed by atoms with E-state index in [0.717, 1.165) is 17.7 Å². The minimum atomic E-state index is -0.415. The highest BCUT2D eigenvalue weighted by Crippen LogP contribution is 2.35. The van der Waals surface area contributed by atoms with Gasteiger partial charge in [-0.1, -0.05) is 0 Å². The van der Waals surface area contributed by atoms with Crippen LogP contribution in [0, 0.1) is 5.92 Å². The van der Waals surface area contributed by atoms with Gasteiger partial charge in [-0.3, -0.25) is 14.4 Å². The predicted molar refractivity (Wildman–Crippen MR) is 109 cm³/mol. The molecule has 2 aromatic rings. The first-order chi connectivity index (χ1) is 13.9. The summed E-state index contributed by atoms with van der Waals surface area (Å²) in [5, 5.41) is 0. The molecule has 0 aromatic heterocycles. The van der Waals surface area contributed by atoms with Crippen LogP contribution in [0.4, 0.5) is 5.69 Å². The molecule has 0 N–H and O–H groups in total. The average Bonchev–Trinajstić information content (AvgIpc) is 3.55. The Bertz CT molecular complexity index is 979. The van der Waals surface area contributed by atoms with Crippen LogP contribution in [0.1, 0.15) is 57.8 Å². The van der Waals surface area contributed by atoms with Crippen LogP contribution in [0.15, 0.2) is 42.5 Å². The van der Waals surface area contributed by atoms with Crippen LogP contribution in [0.25, 0.3) is 0 Å². The van der Waals surface area contributed by atoms with Crippen LogP contribution < -0.4 is 9.64 Å². The molecule has 0 radical (unpaired) electrons. The normalized spacial score (nSPS) is 16.6. The Hall–Kier alpha value is -3.15. The number of carbonyl (C=O) groups excluding carboxylic acids is 3. The smallest absolute Gasteiger partial charge is 0.266 e. The van der Waals surface area contributed by atoms with Crippen LogP contribution >= 0.6 is 0 Å². The molecule has 0 spiro atoms. The van der Waals surface area contributed by atoms with Gasteiger partial charge in [-0.2, -0.15) is 0 Å². The zero-order valence-electron chi connectivity index (χ0n) is 16.8. The minimum absolute atomic E-state index is 0.132. The van der Waals surface area contributed by atoms with E-state index in [0.29, 0.717) is 35.1 Å². The first kappa shape index (κ1) is 19.2. The van der Waals surface area contributed by atoms with E-state index in [1.54, 1.807) is 54.4 Å². The zero-order chi connectivity index (χ0) is 20.7. The van der Waals surface area contributed by atoms with Gasteiger partial charge in [-0.25, -0.2) is 4.90 Å². The summed E-state index contributed by atoms with van der Waals surface area (Å²) in [5.74, 6) is 0.298. The van der Waals surface area contributed by atoms with E-state index >= 15 is 0 Å². The molecule has 2 aliphatic rings. The molecule has 150 valence electrons. The van der Waals surface area contributed by atoms with Crippen molar-refractivity contribution in [1.82, 2.24) is 4.90 Å². The monoisotopic (exact) mass is 392 g/mol. The van der Waals surface area contributed by atoms with Gasteiger partial charge in [-0.15, -0.1) is 0 Å². The largest absolute Gasteiger partial charge is 0.494 e. The third-order valence-corrected chi connectivity index (χ3v) is 5.77.